The van der Waals surface area contributed by atoms with E-state index in [-0.39, 0.29) is 94.6 Å². The first kappa shape index (κ1) is 48.7. The molecular formula is C49H56N6O10S2. The number of urea groups is 1. The molecule has 67 heavy (non-hydrogen) atoms. The first-order valence-electron chi connectivity index (χ1n) is 22.8. The number of unbranched alkanes of at least 4 members (excludes halogenated alkanes) is 3. The van der Waals surface area contributed by atoms with Crippen molar-refractivity contribution in [3.8, 4) is 28.2 Å². The molecule has 2 saturated heterocycles. The number of carboxylic acids is 1. The van der Waals surface area contributed by atoms with Gasteiger partial charge in [-0.25, -0.2) is 9.59 Å². The molecule has 7 rings (SSSR count). The second kappa shape index (κ2) is 23.5. The Kier molecular flexibility index (Phi) is 17.0. The van der Waals surface area contributed by atoms with Crippen LogP contribution in [0.15, 0.2) is 87.6 Å². The molecule has 0 saturated carbocycles. The number of phenols is 1. The molecule has 354 valence electrons. The van der Waals surface area contributed by atoms with Crippen LogP contribution >= 0.6 is 23.5 Å². The van der Waals surface area contributed by atoms with E-state index in [1.165, 1.54) is 54.2 Å². The number of benzene rings is 3. The first-order chi connectivity index (χ1) is 32.4. The van der Waals surface area contributed by atoms with E-state index in [2.05, 4.69) is 31.9 Å². The molecule has 0 radical (unpaired) electrons. The van der Waals surface area contributed by atoms with Crippen molar-refractivity contribution in [2.45, 2.75) is 86.8 Å². The maximum absolute atomic E-state index is 13.5. The number of carbonyl (C=O) groups excluding carboxylic acids is 5. The van der Waals surface area contributed by atoms with E-state index in [1.54, 1.807) is 12.1 Å². The van der Waals surface area contributed by atoms with E-state index in [1.807, 2.05) is 30.0 Å². The normalized spacial score (nSPS) is 17.8. The summed E-state index contributed by atoms with van der Waals surface area (Å²) in [4.78, 5) is 88.1. The van der Waals surface area contributed by atoms with Gasteiger partial charge in [-0.05, 0) is 92.5 Å². The van der Waals surface area contributed by atoms with Gasteiger partial charge in [0, 0.05) is 90.0 Å². The molecule has 2 unspecified atom stereocenters. The van der Waals surface area contributed by atoms with E-state index in [9.17, 15) is 43.8 Å². The minimum Gasteiger partial charge on any atom is -0.508 e. The highest BCUT2D eigenvalue weighted by molar-refractivity contribution is 8.00. The molecule has 0 aromatic heterocycles. The lowest BCUT2D eigenvalue weighted by Crippen LogP contribution is -2.39. The van der Waals surface area contributed by atoms with Crippen LogP contribution in [0.3, 0.4) is 0 Å². The van der Waals surface area contributed by atoms with Crippen LogP contribution in [0.5, 0.6) is 5.75 Å². The monoisotopic (exact) mass is 952 g/mol. The fraction of sp³-hybridized carbons (Fsp3) is 0.408. The number of rotatable bonds is 23. The van der Waals surface area contributed by atoms with Gasteiger partial charge in [-0.2, -0.15) is 11.8 Å². The van der Waals surface area contributed by atoms with Gasteiger partial charge in [-0.15, -0.1) is 11.8 Å². The topological polar surface area (TPSA) is 245 Å². The summed E-state index contributed by atoms with van der Waals surface area (Å²) in [7, 11) is 0. The summed E-state index contributed by atoms with van der Waals surface area (Å²) >= 11 is 3.26. The van der Waals surface area contributed by atoms with Crippen LogP contribution in [-0.4, -0.2) is 106 Å². The molecule has 3 heterocycles. The smallest absolute Gasteiger partial charge is 0.336 e. The molecule has 0 bridgehead atoms. The van der Waals surface area contributed by atoms with Crippen LogP contribution in [0, 0.1) is 0 Å². The Labute approximate surface area is 396 Å². The number of nitrogens with one attached hydrogen (secondary N) is 6. The number of fused-ring (bicyclic) bond motifs is 3. The SMILES string of the molecule is O=C(CCCCC1SC[C@@H]2NC(=O)N[C@H]12)NCCCCCNC(=O)CCSC(C(=O)NCCNC(=O)c1ccc(-c2c3ccc(=O)cc-3oc3cc(O)ccc23)c(C(=O)O)c1)C1=CCCC=C1. The molecule has 6 amide bonds. The summed E-state index contributed by atoms with van der Waals surface area (Å²) in [6.07, 6.45) is 13.5. The highest BCUT2D eigenvalue weighted by Gasteiger charge is 2.42. The summed E-state index contributed by atoms with van der Waals surface area (Å²) in [5.41, 5.74) is 1.93. The minimum atomic E-state index is -1.28. The van der Waals surface area contributed by atoms with Crippen molar-refractivity contribution < 1.29 is 43.4 Å². The predicted molar refractivity (Wildman–Crippen MR) is 260 cm³/mol. The van der Waals surface area contributed by atoms with Gasteiger partial charge in [-0.3, -0.25) is 24.0 Å². The Bertz CT molecular complexity index is 2580. The number of thioether (sulfide) groups is 2. The number of hydrogen-bond acceptors (Lipinski definition) is 11. The van der Waals surface area contributed by atoms with Crippen molar-refractivity contribution in [2.24, 2.45) is 0 Å². The zero-order chi connectivity index (χ0) is 47.3. The van der Waals surface area contributed by atoms with Crippen LogP contribution < -0.4 is 37.3 Å². The molecule has 3 aliphatic heterocycles. The molecule has 8 N–H and O–H groups in total. The van der Waals surface area contributed by atoms with Gasteiger partial charge in [0.05, 0.1) is 17.6 Å². The van der Waals surface area contributed by atoms with E-state index >= 15 is 0 Å². The molecule has 0 spiro atoms. The summed E-state index contributed by atoms with van der Waals surface area (Å²) in [5.74, 6) is -0.660. The van der Waals surface area contributed by atoms with Crippen LogP contribution in [0.1, 0.15) is 84.9 Å². The lowest BCUT2D eigenvalue weighted by atomic mass is 9.90. The summed E-state index contributed by atoms with van der Waals surface area (Å²) in [5, 5.41) is 38.3. The van der Waals surface area contributed by atoms with Crippen LogP contribution in [-0.2, 0) is 14.4 Å². The number of carboxylic acid groups (broad SMARTS) is 1. The molecule has 2 aromatic carbocycles. The fourth-order valence-corrected chi connectivity index (χ4v) is 11.2. The van der Waals surface area contributed by atoms with Gasteiger partial charge in [0.15, 0.2) is 5.43 Å². The third-order valence-electron chi connectivity index (χ3n) is 11.9. The molecule has 5 aliphatic rings. The average molecular weight is 953 g/mol. The summed E-state index contributed by atoms with van der Waals surface area (Å²) in [6.45, 7) is 1.28. The standard InChI is InChI=1S/C49H56N6O10S2/c56-31-14-17-34-38(26-31)65-39-27-32(57)15-18-35(39)43(34)33-16-13-30(25-36(33)48(62)63)46(60)52-22-23-53-47(61)45(29-9-3-1-4-10-29)66-24-19-42(59)51-21-8-2-7-20-50-41(58)12-6-5-11-40-44-37(28-67-40)54-49(64)55-44/h3,9-10,13-18,25-27,37,40,44-45,56H,1-2,4-8,11-12,19-24,28H2,(H,50,58)(H,51,59)(H,52,60)(H,53,61)(H,62,63)(H2,54,55,64)/t37-,40?,44-,45?/m0/s1. The van der Waals surface area contributed by atoms with Crippen molar-refractivity contribution in [1.82, 2.24) is 31.9 Å². The molecule has 4 atom stereocenters. The van der Waals surface area contributed by atoms with Gasteiger partial charge >= 0.3 is 12.0 Å². The maximum atomic E-state index is 13.5. The first-order valence-corrected chi connectivity index (χ1v) is 24.9. The zero-order valence-corrected chi connectivity index (χ0v) is 38.7. The summed E-state index contributed by atoms with van der Waals surface area (Å²) < 4.78 is 5.90. The van der Waals surface area contributed by atoms with Gasteiger partial charge < -0.3 is 46.5 Å². The number of phenolic OH excluding ortho intramolecular Hbond substituents is 1. The second-order valence-electron chi connectivity index (χ2n) is 16.7. The van der Waals surface area contributed by atoms with Crippen molar-refractivity contribution in [3.05, 3.63) is 99.7 Å². The predicted octanol–water partition coefficient (Wildman–Crippen LogP) is 5.71. The summed E-state index contributed by atoms with van der Waals surface area (Å²) in [6, 6.07) is 13.2. The van der Waals surface area contributed by atoms with Crippen LogP contribution in [0.4, 0.5) is 4.79 Å². The van der Waals surface area contributed by atoms with Crippen LogP contribution in [0.25, 0.3) is 33.4 Å². The molecule has 16 nitrogen and oxygen atoms in total. The van der Waals surface area contributed by atoms with Gasteiger partial charge in [0.2, 0.25) is 17.7 Å². The van der Waals surface area contributed by atoms with Crippen LogP contribution in [0.2, 0.25) is 0 Å². The highest BCUT2D eigenvalue weighted by atomic mass is 32.2. The third kappa shape index (κ3) is 13.0. The Morgan fingerprint density at radius 2 is 1.58 bits per heavy atom. The second-order valence-corrected chi connectivity index (χ2v) is 19.2. The highest BCUT2D eigenvalue weighted by Crippen LogP contribution is 2.42. The van der Waals surface area contributed by atoms with E-state index < -0.39 is 17.1 Å². The Morgan fingerprint density at radius 3 is 2.36 bits per heavy atom. The number of carbonyl (C=O) groups is 6. The van der Waals surface area contributed by atoms with Gasteiger partial charge in [0.25, 0.3) is 5.91 Å². The van der Waals surface area contributed by atoms with Crippen molar-refractivity contribution in [3.63, 3.8) is 0 Å². The number of aromatic hydroxyl groups is 1. The minimum absolute atomic E-state index is 0.0463. The Morgan fingerprint density at radius 1 is 0.806 bits per heavy atom. The lowest BCUT2D eigenvalue weighted by Gasteiger charge is -2.20. The third-order valence-corrected chi connectivity index (χ3v) is 14.7. The van der Waals surface area contributed by atoms with E-state index in [0.29, 0.717) is 47.0 Å². The molecule has 18 heteroatoms. The maximum Gasteiger partial charge on any atom is 0.336 e. The number of amides is 6. The molecule has 2 aliphatic carbocycles. The number of hydrogen-bond donors (Lipinski definition) is 8. The zero-order valence-electron chi connectivity index (χ0n) is 37.0. The van der Waals surface area contributed by atoms with E-state index in [0.717, 1.165) is 62.7 Å². The Hall–Kier alpha value is -6.27. The van der Waals surface area contributed by atoms with Crippen molar-refractivity contribution in [2.75, 3.05) is 37.7 Å². The van der Waals surface area contributed by atoms with Crippen molar-refractivity contribution >= 4 is 70.1 Å². The lowest BCUT2D eigenvalue weighted by molar-refractivity contribution is -0.121. The van der Waals surface area contributed by atoms with Crippen molar-refractivity contribution in [1.29, 1.82) is 0 Å². The number of allylic oxidation sites excluding steroid dienone is 3. The largest absolute Gasteiger partial charge is 0.508 e. The van der Waals surface area contributed by atoms with E-state index in [4.69, 9.17) is 4.42 Å². The average Bonchev–Trinajstić information content (AvgIpc) is 3.88. The molecule has 2 aromatic rings. The fourth-order valence-electron chi connectivity index (χ4n) is 8.54. The quantitative estimate of drug-likeness (QED) is 0.0253. The molecular weight excluding hydrogens is 897 g/mol. The van der Waals surface area contributed by atoms with Gasteiger partial charge in [-0.1, -0.05) is 30.7 Å². The Balaban J connectivity index is 0.807. The molecule has 2 fully saturated rings. The van der Waals surface area contributed by atoms with Gasteiger partial charge in [0.1, 0.15) is 22.3 Å². The number of aromatic carboxylic acids is 1.